The van der Waals surface area contributed by atoms with Crippen LogP contribution in [0.5, 0.6) is 11.6 Å². The van der Waals surface area contributed by atoms with Gasteiger partial charge in [-0.1, -0.05) is 6.07 Å². The molecule has 1 saturated carbocycles. The van der Waals surface area contributed by atoms with Crippen LogP contribution >= 0.6 is 0 Å². The highest BCUT2D eigenvalue weighted by Gasteiger charge is 2.29. The Hall–Kier alpha value is -5.40. The maximum atomic E-state index is 9.66. The Labute approximate surface area is 276 Å². The number of morpholine rings is 1. The molecule has 2 fully saturated rings. The summed E-state index contributed by atoms with van der Waals surface area (Å²) in [4.78, 5) is 15.9. The van der Waals surface area contributed by atoms with Gasteiger partial charge in [-0.25, -0.2) is 19.6 Å². The SMILES string of the molecule is C[C@@H](Cn1cnnn1)Oc1cc(-c2cnc(Nc3cn(C4CCC(N5CCOCC5)CC4)nc3OCc3ncco3)nc2)ccc1C#N. The first kappa shape index (κ1) is 31.2. The van der Waals surface area contributed by atoms with Crippen molar-refractivity contribution < 1.29 is 18.6 Å². The molecule has 48 heavy (non-hydrogen) atoms. The summed E-state index contributed by atoms with van der Waals surface area (Å²) in [7, 11) is 0. The molecular weight excluding hydrogens is 616 g/mol. The third-order valence-corrected chi connectivity index (χ3v) is 8.61. The van der Waals surface area contributed by atoms with Gasteiger partial charge in [-0.05, 0) is 60.7 Å². The molecule has 1 aliphatic heterocycles. The van der Waals surface area contributed by atoms with E-state index in [1.807, 2.05) is 29.9 Å². The number of nitriles is 1. The quantitative estimate of drug-likeness (QED) is 0.206. The molecule has 0 amide bonds. The summed E-state index contributed by atoms with van der Waals surface area (Å²) in [5, 5.41) is 29.0. The molecular formula is C32H36N12O4. The number of ether oxygens (including phenoxy) is 3. The van der Waals surface area contributed by atoms with Crippen molar-refractivity contribution in [3.05, 3.63) is 67.0 Å². The van der Waals surface area contributed by atoms with Crippen LogP contribution < -0.4 is 14.8 Å². The van der Waals surface area contributed by atoms with E-state index in [0.717, 1.165) is 63.1 Å². The van der Waals surface area contributed by atoms with Gasteiger partial charge in [0.1, 0.15) is 36.2 Å². The summed E-state index contributed by atoms with van der Waals surface area (Å²) in [6.45, 7) is 6.10. The van der Waals surface area contributed by atoms with E-state index in [1.54, 1.807) is 29.3 Å². The summed E-state index contributed by atoms with van der Waals surface area (Å²) in [6, 6.07) is 8.42. The van der Waals surface area contributed by atoms with E-state index in [1.165, 1.54) is 12.6 Å². The second-order valence-corrected chi connectivity index (χ2v) is 11.9. The molecule has 16 nitrogen and oxygen atoms in total. The van der Waals surface area contributed by atoms with E-state index < -0.39 is 0 Å². The van der Waals surface area contributed by atoms with Crippen LogP contribution in [-0.2, 0) is 17.9 Å². The molecule has 0 bridgehead atoms. The zero-order valence-electron chi connectivity index (χ0n) is 26.6. The predicted octanol–water partition coefficient (Wildman–Crippen LogP) is 3.79. The molecule has 1 aliphatic carbocycles. The zero-order valence-corrected chi connectivity index (χ0v) is 26.6. The first-order valence-electron chi connectivity index (χ1n) is 16.0. The number of hydrogen-bond donors (Lipinski definition) is 1. The van der Waals surface area contributed by atoms with Gasteiger partial charge in [0.25, 0.3) is 5.88 Å². The van der Waals surface area contributed by atoms with Gasteiger partial charge in [-0.2, -0.15) is 5.26 Å². The maximum absolute atomic E-state index is 9.66. The number of anilines is 2. The Morgan fingerprint density at radius 2 is 1.88 bits per heavy atom. The van der Waals surface area contributed by atoms with Crippen molar-refractivity contribution in [2.24, 2.45) is 0 Å². The zero-order chi connectivity index (χ0) is 32.7. The minimum atomic E-state index is -0.278. The predicted molar refractivity (Wildman–Crippen MR) is 170 cm³/mol. The lowest BCUT2D eigenvalue weighted by Gasteiger charge is -2.38. The number of tetrazole rings is 1. The number of hydrogen-bond acceptors (Lipinski definition) is 14. The van der Waals surface area contributed by atoms with Crippen LogP contribution in [0.2, 0.25) is 0 Å². The van der Waals surface area contributed by atoms with Crippen molar-refractivity contribution in [3.63, 3.8) is 0 Å². The second-order valence-electron chi connectivity index (χ2n) is 11.9. The first-order valence-corrected chi connectivity index (χ1v) is 16.0. The minimum Gasteiger partial charge on any atom is -0.487 e. The van der Waals surface area contributed by atoms with E-state index in [-0.39, 0.29) is 18.8 Å². The lowest BCUT2D eigenvalue weighted by atomic mass is 9.90. The second kappa shape index (κ2) is 14.6. The number of rotatable bonds is 12. The van der Waals surface area contributed by atoms with Crippen LogP contribution in [0.15, 0.2) is 60.0 Å². The normalized spacial score (nSPS) is 19.0. The highest BCUT2D eigenvalue weighted by atomic mass is 16.5. The number of aromatic nitrogens is 9. The standard InChI is InChI=1S/C32H36N12O4/c1-22(18-43-21-37-40-41-43)48-29-14-23(2-3-24(29)15-33)25-16-35-32(36-17-25)38-28-19-44(39-31(28)47-20-30-34-8-11-46-30)27-6-4-26(5-7-27)42-9-12-45-13-10-42/h2-3,8,11,14,16-17,19,21-22,26-27H,4-7,9-10,12-13,18,20H2,1H3,(H,35,36,38)/t22-,26?,27?/m0/s1. The van der Waals surface area contributed by atoms with Crippen molar-refractivity contribution in [3.8, 4) is 28.8 Å². The molecule has 1 saturated heterocycles. The van der Waals surface area contributed by atoms with Crippen molar-refractivity contribution in [2.75, 3.05) is 31.6 Å². The number of benzene rings is 1. The Kier molecular flexibility index (Phi) is 9.48. The molecule has 5 aromatic rings. The van der Waals surface area contributed by atoms with Crippen molar-refractivity contribution in [2.45, 2.75) is 63.9 Å². The highest BCUT2D eigenvalue weighted by Crippen LogP contribution is 2.35. The molecule has 248 valence electrons. The molecule has 0 spiro atoms. The molecule has 1 atom stereocenters. The van der Waals surface area contributed by atoms with Crippen LogP contribution in [0.3, 0.4) is 0 Å². The van der Waals surface area contributed by atoms with Gasteiger partial charge in [0.2, 0.25) is 11.8 Å². The van der Waals surface area contributed by atoms with Crippen LogP contribution in [0, 0.1) is 11.3 Å². The van der Waals surface area contributed by atoms with E-state index >= 15 is 0 Å². The van der Waals surface area contributed by atoms with Gasteiger partial charge in [0.05, 0.1) is 43.8 Å². The van der Waals surface area contributed by atoms with Gasteiger partial charge in [0, 0.05) is 37.1 Å². The van der Waals surface area contributed by atoms with E-state index in [2.05, 4.69) is 46.8 Å². The number of oxazole rings is 1. The third kappa shape index (κ3) is 7.42. The Bertz CT molecular complexity index is 1790. The highest BCUT2D eigenvalue weighted by molar-refractivity contribution is 5.67. The number of nitrogens with one attached hydrogen (secondary N) is 1. The van der Waals surface area contributed by atoms with Gasteiger partial charge in [-0.15, -0.1) is 10.2 Å². The fraction of sp³-hybridized carbons (Fsp3) is 0.438. The average Bonchev–Trinajstić information content (AvgIpc) is 3.92. The molecule has 2 aliphatic rings. The topological polar surface area (TPSA) is 180 Å². The lowest BCUT2D eigenvalue weighted by molar-refractivity contribution is 0.00502. The number of nitrogens with zero attached hydrogens (tertiary/aromatic N) is 11. The fourth-order valence-corrected chi connectivity index (χ4v) is 6.17. The molecule has 5 heterocycles. The Balaban J connectivity index is 1.05. The van der Waals surface area contributed by atoms with Crippen LogP contribution in [0.4, 0.5) is 11.6 Å². The Morgan fingerprint density at radius 3 is 2.60 bits per heavy atom. The van der Waals surface area contributed by atoms with Crippen molar-refractivity contribution in [1.82, 2.24) is 49.8 Å². The molecule has 0 unspecified atom stereocenters. The minimum absolute atomic E-state index is 0.139. The first-order chi connectivity index (χ1) is 23.6. The van der Waals surface area contributed by atoms with Gasteiger partial charge in [-0.3, -0.25) is 9.58 Å². The monoisotopic (exact) mass is 652 g/mol. The van der Waals surface area contributed by atoms with E-state index in [0.29, 0.717) is 47.3 Å². The lowest BCUT2D eigenvalue weighted by Crippen LogP contribution is -2.45. The smallest absolute Gasteiger partial charge is 0.257 e. The summed E-state index contributed by atoms with van der Waals surface area (Å²) in [5.41, 5.74) is 2.64. The van der Waals surface area contributed by atoms with E-state index in [4.69, 9.17) is 23.7 Å². The summed E-state index contributed by atoms with van der Waals surface area (Å²) in [6.07, 6.45) is 14.0. The molecule has 1 N–H and O–H groups in total. The van der Waals surface area contributed by atoms with Crippen molar-refractivity contribution in [1.29, 1.82) is 5.26 Å². The van der Waals surface area contributed by atoms with Gasteiger partial charge < -0.3 is 23.9 Å². The molecule has 1 aromatic carbocycles. The largest absolute Gasteiger partial charge is 0.487 e. The van der Waals surface area contributed by atoms with Gasteiger partial charge in [0.15, 0.2) is 6.61 Å². The maximum Gasteiger partial charge on any atom is 0.257 e. The molecule has 0 radical (unpaired) electrons. The van der Waals surface area contributed by atoms with E-state index in [9.17, 15) is 5.26 Å². The van der Waals surface area contributed by atoms with Crippen LogP contribution in [0.25, 0.3) is 11.1 Å². The van der Waals surface area contributed by atoms with Crippen molar-refractivity contribution >= 4 is 11.6 Å². The molecule has 4 aromatic heterocycles. The summed E-state index contributed by atoms with van der Waals surface area (Å²) >= 11 is 0. The average molecular weight is 653 g/mol. The van der Waals surface area contributed by atoms with Crippen LogP contribution in [-0.4, -0.2) is 88.3 Å². The Morgan fingerprint density at radius 1 is 1.06 bits per heavy atom. The summed E-state index contributed by atoms with van der Waals surface area (Å²) < 4.78 is 26.6. The van der Waals surface area contributed by atoms with Gasteiger partial charge >= 0.3 is 0 Å². The summed E-state index contributed by atoms with van der Waals surface area (Å²) in [5.74, 6) is 1.71. The van der Waals surface area contributed by atoms with Crippen LogP contribution in [0.1, 0.15) is 50.1 Å². The third-order valence-electron chi connectivity index (χ3n) is 8.61. The molecule has 7 rings (SSSR count). The molecule has 16 heteroatoms. The fourth-order valence-electron chi connectivity index (χ4n) is 6.17.